The maximum atomic E-state index is 12.0. The van der Waals surface area contributed by atoms with Crippen molar-refractivity contribution >= 4 is 35.4 Å². The van der Waals surface area contributed by atoms with Crippen LogP contribution in [0.3, 0.4) is 0 Å². The summed E-state index contributed by atoms with van der Waals surface area (Å²) in [6.07, 6.45) is 0.783. The Labute approximate surface area is 139 Å². The molecule has 1 rings (SSSR count). The lowest BCUT2D eigenvalue weighted by Crippen LogP contribution is -2.45. The van der Waals surface area contributed by atoms with Crippen molar-refractivity contribution in [2.24, 2.45) is 11.7 Å². The molecule has 1 fully saturated rings. The Morgan fingerprint density at radius 1 is 1.35 bits per heavy atom. The van der Waals surface area contributed by atoms with E-state index in [1.54, 1.807) is 7.05 Å². The van der Waals surface area contributed by atoms with Crippen molar-refractivity contribution in [1.29, 1.82) is 0 Å². The van der Waals surface area contributed by atoms with Crippen LogP contribution in [-0.4, -0.2) is 66.2 Å². The minimum atomic E-state index is -0.577. The van der Waals surface area contributed by atoms with Gasteiger partial charge in [-0.3, -0.25) is 19.2 Å². The number of carbonyl (C=O) groups excluding carboxylic acids is 4. The van der Waals surface area contributed by atoms with Gasteiger partial charge in [0.05, 0.1) is 11.5 Å². The Balaban J connectivity index is 2.34. The summed E-state index contributed by atoms with van der Waals surface area (Å²) in [5.41, 5.74) is 5.31. The molecule has 0 aromatic rings. The molecule has 23 heavy (non-hydrogen) atoms. The second-order valence-electron chi connectivity index (χ2n) is 5.41. The molecule has 1 saturated heterocycles. The highest BCUT2D eigenvalue weighted by atomic mass is 32.2. The Kier molecular flexibility index (Phi) is 7.87. The third kappa shape index (κ3) is 6.09. The third-order valence-electron chi connectivity index (χ3n) is 3.66. The van der Waals surface area contributed by atoms with Gasteiger partial charge in [-0.25, -0.2) is 0 Å². The highest BCUT2D eigenvalue weighted by Crippen LogP contribution is 2.21. The van der Waals surface area contributed by atoms with Crippen LogP contribution in [0.4, 0.5) is 0 Å². The van der Waals surface area contributed by atoms with Crippen LogP contribution in [0.25, 0.3) is 0 Å². The lowest BCUT2D eigenvalue weighted by Gasteiger charge is -2.24. The van der Waals surface area contributed by atoms with Crippen LogP contribution in [0.2, 0.25) is 0 Å². The fourth-order valence-electron chi connectivity index (χ4n) is 2.44. The first-order chi connectivity index (χ1) is 10.9. The van der Waals surface area contributed by atoms with Gasteiger partial charge in [-0.05, 0) is 6.42 Å². The Bertz CT molecular complexity index is 472. The molecular weight excluding hydrogens is 320 g/mol. The van der Waals surface area contributed by atoms with Crippen molar-refractivity contribution in [1.82, 2.24) is 15.5 Å². The summed E-state index contributed by atoms with van der Waals surface area (Å²) in [5, 5.41) is 5.24. The number of nitrogens with zero attached hydrogens (tertiary/aromatic N) is 1. The maximum absolute atomic E-state index is 12.0. The average molecular weight is 344 g/mol. The van der Waals surface area contributed by atoms with Gasteiger partial charge in [-0.15, -0.1) is 11.8 Å². The number of amides is 4. The highest BCUT2D eigenvalue weighted by molar-refractivity contribution is 8.00. The number of nitrogens with one attached hydrogen (secondary N) is 2. The predicted octanol–water partition coefficient (Wildman–Crippen LogP) is -1.31. The van der Waals surface area contributed by atoms with E-state index in [-0.39, 0.29) is 35.1 Å². The second kappa shape index (κ2) is 9.39. The van der Waals surface area contributed by atoms with Crippen molar-refractivity contribution in [2.45, 2.75) is 25.8 Å². The highest BCUT2D eigenvalue weighted by Gasteiger charge is 2.35. The molecule has 0 radical (unpaired) electrons. The van der Waals surface area contributed by atoms with E-state index in [1.165, 1.54) is 16.7 Å². The predicted molar refractivity (Wildman–Crippen MR) is 87.5 cm³/mol. The van der Waals surface area contributed by atoms with E-state index >= 15 is 0 Å². The lowest BCUT2D eigenvalue weighted by molar-refractivity contribution is -0.136. The van der Waals surface area contributed by atoms with Gasteiger partial charge in [0.2, 0.25) is 23.6 Å². The van der Waals surface area contributed by atoms with Crippen LogP contribution >= 0.6 is 11.8 Å². The zero-order valence-corrected chi connectivity index (χ0v) is 14.3. The van der Waals surface area contributed by atoms with Gasteiger partial charge in [0.25, 0.3) is 0 Å². The normalized spacial score (nSPS) is 18.6. The van der Waals surface area contributed by atoms with E-state index in [0.29, 0.717) is 25.9 Å². The van der Waals surface area contributed by atoms with Crippen molar-refractivity contribution < 1.29 is 19.2 Å². The monoisotopic (exact) mass is 344 g/mol. The molecule has 0 spiro atoms. The molecule has 0 bridgehead atoms. The van der Waals surface area contributed by atoms with Crippen molar-refractivity contribution in [3.8, 4) is 0 Å². The van der Waals surface area contributed by atoms with Crippen LogP contribution in [0.15, 0.2) is 0 Å². The first-order valence-corrected chi connectivity index (χ1v) is 8.68. The summed E-state index contributed by atoms with van der Waals surface area (Å²) in [5.74, 6) is -0.514. The molecule has 0 aromatic heterocycles. The number of nitrogens with two attached hydrogens (primary N) is 1. The van der Waals surface area contributed by atoms with Gasteiger partial charge < -0.3 is 21.3 Å². The summed E-state index contributed by atoms with van der Waals surface area (Å²) < 4.78 is 0. The van der Waals surface area contributed by atoms with E-state index in [0.717, 1.165) is 0 Å². The van der Waals surface area contributed by atoms with Gasteiger partial charge in [-0.1, -0.05) is 6.92 Å². The van der Waals surface area contributed by atoms with Crippen LogP contribution in [0.5, 0.6) is 0 Å². The van der Waals surface area contributed by atoms with Crippen LogP contribution in [0.1, 0.15) is 19.8 Å². The van der Waals surface area contributed by atoms with Crippen molar-refractivity contribution in [3.63, 3.8) is 0 Å². The largest absolute Gasteiger partial charge is 0.368 e. The van der Waals surface area contributed by atoms with Gasteiger partial charge in [0, 0.05) is 32.5 Å². The molecule has 1 aliphatic heterocycles. The molecule has 0 saturated carbocycles. The number of likely N-dealkylation sites (tertiary alicyclic amines) is 1. The van der Waals surface area contributed by atoms with Gasteiger partial charge in [0.15, 0.2) is 0 Å². The SMILES string of the molecule is CC[C@H](C(N)=O)N1CC(CNC(=O)CSCC(=O)NC)CC1=O. The molecule has 1 heterocycles. The number of primary amides is 1. The molecule has 9 heteroatoms. The van der Waals surface area contributed by atoms with Crippen molar-refractivity contribution in [2.75, 3.05) is 31.6 Å². The Hall–Kier alpha value is -1.77. The molecule has 130 valence electrons. The molecule has 0 aliphatic carbocycles. The second-order valence-corrected chi connectivity index (χ2v) is 6.40. The molecule has 8 nitrogen and oxygen atoms in total. The number of hydrogen-bond acceptors (Lipinski definition) is 5. The van der Waals surface area contributed by atoms with Gasteiger partial charge in [0.1, 0.15) is 6.04 Å². The van der Waals surface area contributed by atoms with Crippen LogP contribution in [0, 0.1) is 5.92 Å². The molecule has 2 atom stereocenters. The molecule has 1 aliphatic rings. The first-order valence-electron chi connectivity index (χ1n) is 7.52. The third-order valence-corrected chi connectivity index (χ3v) is 4.60. The first kappa shape index (κ1) is 19.3. The summed E-state index contributed by atoms with van der Waals surface area (Å²) in [4.78, 5) is 47.6. The number of rotatable bonds is 9. The Morgan fingerprint density at radius 3 is 2.57 bits per heavy atom. The van der Waals surface area contributed by atoms with E-state index in [9.17, 15) is 19.2 Å². The lowest BCUT2D eigenvalue weighted by atomic mass is 10.1. The van der Waals surface area contributed by atoms with Gasteiger partial charge in [-0.2, -0.15) is 0 Å². The molecule has 4 amide bonds. The summed E-state index contributed by atoms with van der Waals surface area (Å²) in [6, 6.07) is -0.577. The van der Waals surface area contributed by atoms with Crippen LogP contribution in [-0.2, 0) is 19.2 Å². The fourth-order valence-corrected chi connectivity index (χ4v) is 3.16. The minimum absolute atomic E-state index is 0.0243. The topological polar surface area (TPSA) is 122 Å². The van der Waals surface area contributed by atoms with Crippen LogP contribution < -0.4 is 16.4 Å². The summed E-state index contributed by atoms with van der Waals surface area (Å²) >= 11 is 1.23. The van der Waals surface area contributed by atoms with E-state index in [2.05, 4.69) is 10.6 Å². The van der Waals surface area contributed by atoms with E-state index in [1.807, 2.05) is 6.92 Å². The number of thioether (sulfide) groups is 1. The quantitative estimate of drug-likeness (QED) is 0.480. The molecule has 0 aromatic carbocycles. The molecule has 4 N–H and O–H groups in total. The average Bonchev–Trinajstić information content (AvgIpc) is 2.86. The van der Waals surface area contributed by atoms with E-state index < -0.39 is 11.9 Å². The zero-order chi connectivity index (χ0) is 17.4. The van der Waals surface area contributed by atoms with Gasteiger partial charge >= 0.3 is 0 Å². The fraction of sp³-hybridized carbons (Fsp3) is 0.714. The minimum Gasteiger partial charge on any atom is -0.368 e. The summed E-state index contributed by atoms with van der Waals surface area (Å²) in [7, 11) is 1.54. The smallest absolute Gasteiger partial charge is 0.240 e. The summed E-state index contributed by atoms with van der Waals surface area (Å²) in [6.45, 7) is 2.60. The van der Waals surface area contributed by atoms with Crippen molar-refractivity contribution in [3.05, 3.63) is 0 Å². The molecular formula is C14H24N4O4S. The standard InChI is InChI=1S/C14H24N4O4S/c1-3-10(14(15)22)18-6-9(4-13(18)21)5-17-12(20)8-23-7-11(19)16-2/h9-10H,3-8H2,1-2H3,(H2,15,22)(H,16,19)(H,17,20)/t9?,10-/m1/s1. The number of carbonyl (C=O) groups is 4. The van der Waals surface area contributed by atoms with E-state index in [4.69, 9.17) is 5.73 Å². The number of hydrogen-bond donors (Lipinski definition) is 3. The zero-order valence-electron chi connectivity index (χ0n) is 13.5. The molecule has 1 unspecified atom stereocenters. The maximum Gasteiger partial charge on any atom is 0.240 e. The Morgan fingerprint density at radius 2 is 2.00 bits per heavy atom.